The van der Waals surface area contributed by atoms with E-state index in [2.05, 4.69) is 11.8 Å². The highest BCUT2D eigenvalue weighted by Gasteiger charge is 2.12. The summed E-state index contributed by atoms with van der Waals surface area (Å²) in [5.41, 5.74) is 0. The Hall–Kier alpha value is 0.170. The van der Waals surface area contributed by atoms with Crippen molar-refractivity contribution < 1.29 is 9.47 Å². The molecule has 0 aliphatic rings. The summed E-state index contributed by atoms with van der Waals surface area (Å²) in [6, 6.07) is 0.461. The lowest BCUT2D eigenvalue weighted by Crippen LogP contribution is -2.39. The second-order valence-corrected chi connectivity index (χ2v) is 4.81. The van der Waals surface area contributed by atoms with Gasteiger partial charge in [-0.25, -0.2) is 0 Å². The number of rotatable bonds is 12. The van der Waals surface area contributed by atoms with Gasteiger partial charge in [0.1, 0.15) is 0 Å². The van der Waals surface area contributed by atoms with Crippen molar-refractivity contribution in [3.05, 3.63) is 0 Å². The van der Waals surface area contributed by atoms with Crippen LogP contribution in [0.3, 0.4) is 0 Å². The molecule has 0 radical (unpaired) electrons. The average Bonchev–Trinajstić information content (AvgIpc) is 2.33. The highest BCUT2D eigenvalue weighted by atomic mass is 35.5. The molecule has 0 heterocycles. The van der Waals surface area contributed by atoms with Crippen molar-refractivity contribution in [1.29, 1.82) is 0 Å². The second kappa shape index (κ2) is 12.6. The molecule has 0 aliphatic carbocycles. The van der Waals surface area contributed by atoms with Crippen molar-refractivity contribution in [3.8, 4) is 0 Å². The molecule has 0 rings (SSSR count). The van der Waals surface area contributed by atoms with Crippen molar-refractivity contribution in [2.24, 2.45) is 0 Å². The van der Waals surface area contributed by atoms with Crippen molar-refractivity contribution in [2.75, 3.05) is 46.4 Å². The molecule has 0 saturated heterocycles. The van der Waals surface area contributed by atoms with Crippen LogP contribution in [0.2, 0.25) is 0 Å². The molecule has 0 saturated carbocycles. The van der Waals surface area contributed by atoms with Crippen LogP contribution in [-0.2, 0) is 9.47 Å². The van der Waals surface area contributed by atoms with Crippen molar-refractivity contribution in [3.63, 3.8) is 0 Å². The Morgan fingerprint density at radius 3 is 2.29 bits per heavy atom. The molecule has 4 heteroatoms. The molecule has 0 spiro atoms. The van der Waals surface area contributed by atoms with Gasteiger partial charge in [-0.2, -0.15) is 0 Å². The fourth-order valence-electron chi connectivity index (χ4n) is 1.87. The molecule has 0 aliphatic heterocycles. The third-order valence-electron chi connectivity index (χ3n) is 2.94. The summed E-state index contributed by atoms with van der Waals surface area (Å²) in [5, 5.41) is 0. The van der Waals surface area contributed by atoms with E-state index in [1.54, 1.807) is 14.2 Å². The SMILES string of the molecule is COCCN(CCCCCCCl)C(C)COC. The molecule has 0 aromatic carbocycles. The monoisotopic (exact) mass is 265 g/mol. The molecule has 0 bridgehead atoms. The first-order valence-electron chi connectivity index (χ1n) is 6.54. The Morgan fingerprint density at radius 1 is 1.00 bits per heavy atom. The van der Waals surface area contributed by atoms with Gasteiger partial charge in [0.15, 0.2) is 0 Å². The molecule has 1 unspecified atom stereocenters. The summed E-state index contributed by atoms with van der Waals surface area (Å²) in [4.78, 5) is 2.44. The molecule has 104 valence electrons. The maximum absolute atomic E-state index is 5.66. The van der Waals surface area contributed by atoms with Crippen LogP contribution in [0.4, 0.5) is 0 Å². The molecule has 0 aromatic rings. The first-order valence-corrected chi connectivity index (χ1v) is 7.07. The van der Waals surface area contributed by atoms with E-state index in [1.165, 1.54) is 19.3 Å². The van der Waals surface area contributed by atoms with E-state index in [0.717, 1.165) is 38.6 Å². The second-order valence-electron chi connectivity index (χ2n) is 4.44. The molecule has 17 heavy (non-hydrogen) atoms. The van der Waals surface area contributed by atoms with Crippen LogP contribution >= 0.6 is 11.6 Å². The van der Waals surface area contributed by atoms with E-state index in [0.29, 0.717) is 6.04 Å². The predicted octanol–water partition coefficient (Wildman–Crippen LogP) is 2.77. The molecular weight excluding hydrogens is 238 g/mol. The number of nitrogens with zero attached hydrogens (tertiary/aromatic N) is 1. The quantitative estimate of drug-likeness (QED) is 0.400. The normalized spacial score (nSPS) is 13.2. The fraction of sp³-hybridized carbons (Fsp3) is 1.00. The lowest BCUT2D eigenvalue weighted by atomic mass is 10.2. The fourth-order valence-corrected chi connectivity index (χ4v) is 2.06. The summed E-state index contributed by atoms with van der Waals surface area (Å²) in [7, 11) is 3.51. The number of halogens is 1. The zero-order valence-corrected chi connectivity index (χ0v) is 12.3. The van der Waals surface area contributed by atoms with Crippen molar-refractivity contribution in [2.45, 2.75) is 38.6 Å². The van der Waals surface area contributed by atoms with Gasteiger partial charge in [0.25, 0.3) is 0 Å². The lowest BCUT2D eigenvalue weighted by Gasteiger charge is -2.28. The van der Waals surface area contributed by atoms with E-state index in [4.69, 9.17) is 21.1 Å². The maximum atomic E-state index is 5.66. The molecule has 3 nitrogen and oxygen atoms in total. The van der Waals surface area contributed by atoms with E-state index in [-0.39, 0.29) is 0 Å². The number of hydrogen-bond acceptors (Lipinski definition) is 3. The van der Waals surface area contributed by atoms with Gasteiger partial charge in [-0.1, -0.05) is 12.8 Å². The van der Waals surface area contributed by atoms with Crippen LogP contribution in [-0.4, -0.2) is 57.3 Å². The summed E-state index contributed by atoms with van der Waals surface area (Å²) in [6.45, 7) is 5.88. The van der Waals surface area contributed by atoms with Gasteiger partial charge in [0.05, 0.1) is 13.2 Å². The highest BCUT2D eigenvalue weighted by molar-refractivity contribution is 6.17. The Balaban J connectivity index is 3.75. The Labute approximate surface area is 111 Å². The highest BCUT2D eigenvalue weighted by Crippen LogP contribution is 2.06. The maximum Gasteiger partial charge on any atom is 0.0615 e. The average molecular weight is 266 g/mol. The van der Waals surface area contributed by atoms with Crippen molar-refractivity contribution in [1.82, 2.24) is 4.90 Å². The third-order valence-corrected chi connectivity index (χ3v) is 3.21. The van der Waals surface area contributed by atoms with Gasteiger partial charge < -0.3 is 9.47 Å². The van der Waals surface area contributed by atoms with Gasteiger partial charge in [-0.15, -0.1) is 11.6 Å². The Bertz CT molecular complexity index is 158. The first kappa shape index (κ1) is 17.2. The topological polar surface area (TPSA) is 21.7 Å². The van der Waals surface area contributed by atoms with Crippen LogP contribution in [0.25, 0.3) is 0 Å². The Morgan fingerprint density at radius 2 is 1.71 bits per heavy atom. The van der Waals surface area contributed by atoms with Gasteiger partial charge in [0.2, 0.25) is 0 Å². The van der Waals surface area contributed by atoms with Crippen LogP contribution in [0, 0.1) is 0 Å². The number of ether oxygens (including phenoxy) is 2. The van der Waals surface area contributed by atoms with Crippen LogP contribution in [0.15, 0.2) is 0 Å². The molecular formula is C13H28ClNO2. The minimum atomic E-state index is 0.461. The molecule has 0 aromatic heterocycles. The molecule has 0 amide bonds. The van der Waals surface area contributed by atoms with Crippen LogP contribution in [0.1, 0.15) is 32.6 Å². The van der Waals surface area contributed by atoms with E-state index in [9.17, 15) is 0 Å². The van der Waals surface area contributed by atoms with Gasteiger partial charge in [0, 0.05) is 32.7 Å². The number of unbranched alkanes of at least 4 members (excludes halogenated alkanes) is 3. The summed E-state index contributed by atoms with van der Waals surface area (Å²) in [6.07, 6.45) is 4.86. The number of methoxy groups -OCH3 is 2. The third kappa shape index (κ3) is 9.83. The molecule has 1 atom stereocenters. The minimum absolute atomic E-state index is 0.461. The summed E-state index contributed by atoms with van der Waals surface area (Å²) >= 11 is 5.66. The zero-order valence-electron chi connectivity index (χ0n) is 11.6. The van der Waals surface area contributed by atoms with E-state index < -0.39 is 0 Å². The standard InChI is InChI=1S/C13H28ClNO2/c1-13(12-17-3)15(10-11-16-2)9-7-5-4-6-8-14/h13H,4-12H2,1-3H3. The number of hydrogen-bond donors (Lipinski definition) is 0. The minimum Gasteiger partial charge on any atom is -0.383 e. The van der Waals surface area contributed by atoms with Gasteiger partial charge >= 0.3 is 0 Å². The predicted molar refractivity (Wildman–Crippen MR) is 74.0 cm³/mol. The smallest absolute Gasteiger partial charge is 0.0615 e. The summed E-state index contributed by atoms with van der Waals surface area (Å²) in [5.74, 6) is 0.785. The van der Waals surface area contributed by atoms with Crippen LogP contribution < -0.4 is 0 Å². The molecule has 0 N–H and O–H groups in total. The van der Waals surface area contributed by atoms with Gasteiger partial charge in [-0.3, -0.25) is 4.90 Å². The summed E-state index contributed by atoms with van der Waals surface area (Å²) < 4.78 is 10.4. The zero-order chi connectivity index (χ0) is 12.9. The number of alkyl halides is 1. The van der Waals surface area contributed by atoms with Crippen molar-refractivity contribution >= 4 is 11.6 Å². The Kier molecular flexibility index (Phi) is 12.7. The lowest BCUT2D eigenvalue weighted by molar-refractivity contribution is 0.0740. The first-order chi connectivity index (χ1) is 8.26. The van der Waals surface area contributed by atoms with Crippen LogP contribution in [0.5, 0.6) is 0 Å². The van der Waals surface area contributed by atoms with E-state index >= 15 is 0 Å². The molecule has 0 fully saturated rings. The van der Waals surface area contributed by atoms with E-state index in [1.807, 2.05) is 0 Å². The van der Waals surface area contributed by atoms with Gasteiger partial charge in [-0.05, 0) is 26.3 Å². The largest absolute Gasteiger partial charge is 0.383 e.